The second-order valence-electron chi connectivity index (χ2n) is 12.1. The Kier molecular flexibility index (Phi) is 13.4. The van der Waals surface area contributed by atoms with E-state index in [0.717, 1.165) is 46.6 Å². The molecule has 9 heteroatoms. The summed E-state index contributed by atoms with van der Waals surface area (Å²) in [5, 5.41) is 25.3. The molecule has 1 heterocycles. The molecule has 0 fully saturated rings. The highest BCUT2D eigenvalue weighted by Crippen LogP contribution is 2.24. The van der Waals surface area contributed by atoms with Gasteiger partial charge in [0.15, 0.2) is 5.82 Å². The number of hydrogen-bond acceptors (Lipinski definition) is 7. The quantitative estimate of drug-likeness (QED) is 0.0706. The van der Waals surface area contributed by atoms with Gasteiger partial charge < -0.3 is 20.3 Å². The second-order valence-corrected chi connectivity index (χ2v) is 12.1. The molecule has 0 radical (unpaired) electrons. The van der Waals surface area contributed by atoms with Crippen molar-refractivity contribution in [3.8, 4) is 28.3 Å². The van der Waals surface area contributed by atoms with Crippen LogP contribution in [0.4, 0.5) is 0 Å². The number of carbonyl (C=O) groups is 2. The lowest BCUT2D eigenvalue weighted by Crippen LogP contribution is -2.52. The predicted molar refractivity (Wildman–Crippen MR) is 184 cm³/mol. The van der Waals surface area contributed by atoms with E-state index in [-0.39, 0.29) is 12.3 Å². The second kappa shape index (κ2) is 17.9. The maximum absolute atomic E-state index is 13.0. The van der Waals surface area contributed by atoms with Crippen LogP contribution in [0.3, 0.4) is 0 Å². The average molecular weight is 639 g/mol. The third-order valence-electron chi connectivity index (χ3n) is 8.02. The Balaban J connectivity index is 1.37. The first-order valence-electron chi connectivity index (χ1n) is 16.4. The molecule has 0 spiro atoms. The highest BCUT2D eigenvalue weighted by molar-refractivity contribution is 5.94. The molecule has 0 bridgehead atoms. The number of nitrogens with one attached hydrogen (secondary N) is 2. The number of benzene rings is 3. The standard InChI is InChI=1S/C38H46N4O5/c1-4-5-6-7-8-21-47-33-19-17-29(18-20-33)32-23-39-36(40-24-32)30-11-9-27(10-12-30)22-34(38(46)41-25-35(43)44)42-37(45)31-15-13-28(14-16-31)26(2)3/h9-20,23-24,26,34,38,41,46H,4-8,21-22,25H2,1-3H3,(H,42,45)(H,43,44). The van der Waals surface area contributed by atoms with Crippen LogP contribution in [-0.4, -0.2) is 57.5 Å². The van der Waals surface area contributed by atoms with Gasteiger partial charge in [-0.2, -0.15) is 0 Å². The van der Waals surface area contributed by atoms with E-state index in [1.54, 1.807) is 24.5 Å². The molecule has 0 aliphatic heterocycles. The third kappa shape index (κ3) is 11.0. The van der Waals surface area contributed by atoms with Gasteiger partial charge in [-0.15, -0.1) is 0 Å². The molecule has 0 saturated heterocycles. The van der Waals surface area contributed by atoms with E-state index in [2.05, 4.69) is 41.4 Å². The van der Waals surface area contributed by atoms with Crippen LogP contribution in [0.1, 0.15) is 80.3 Å². The number of ether oxygens (including phenoxy) is 1. The molecule has 1 aromatic heterocycles. The Morgan fingerprint density at radius 1 is 0.809 bits per heavy atom. The summed E-state index contributed by atoms with van der Waals surface area (Å²) >= 11 is 0. The lowest BCUT2D eigenvalue weighted by Gasteiger charge is -2.25. The van der Waals surface area contributed by atoms with Crippen molar-refractivity contribution in [2.75, 3.05) is 13.2 Å². The highest BCUT2D eigenvalue weighted by Gasteiger charge is 2.23. The van der Waals surface area contributed by atoms with Crippen LogP contribution >= 0.6 is 0 Å². The number of unbranched alkanes of at least 4 members (excludes halogenated alkanes) is 4. The van der Waals surface area contributed by atoms with Crippen molar-refractivity contribution >= 4 is 11.9 Å². The first kappa shape index (κ1) is 35.3. The Bertz CT molecular complexity index is 1540. The maximum atomic E-state index is 13.0. The molecule has 248 valence electrons. The fourth-order valence-corrected chi connectivity index (χ4v) is 5.16. The van der Waals surface area contributed by atoms with Gasteiger partial charge in [0.1, 0.15) is 12.0 Å². The predicted octanol–water partition coefficient (Wildman–Crippen LogP) is 6.62. The van der Waals surface area contributed by atoms with E-state index in [0.29, 0.717) is 17.3 Å². The molecule has 4 aromatic rings. The molecule has 0 aliphatic rings. The number of carboxylic acid groups (broad SMARTS) is 1. The van der Waals surface area contributed by atoms with E-state index in [9.17, 15) is 14.7 Å². The van der Waals surface area contributed by atoms with Crippen molar-refractivity contribution in [3.05, 3.63) is 102 Å². The zero-order valence-electron chi connectivity index (χ0n) is 27.5. The Labute approximate surface area is 277 Å². The van der Waals surface area contributed by atoms with Crippen LogP contribution in [0.25, 0.3) is 22.5 Å². The van der Waals surface area contributed by atoms with Crippen LogP contribution < -0.4 is 15.4 Å². The largest absolute Gasteiger partial charge is 0.494 e. The molecule has 2 atom stereocenters. The van der Waals surface area contributed by atoms with E-state index in [1.807, 2.05) is 60.7 Å². The van der Waals surface area contributed by atoms with Gasteiger partial charge in [0.2, 0.25) is 0 Å². The number of carboxylic acids is 1. The molecular formula is C38H46N4O5. The van der Waals surface area contributed by atoms with Gasteiger partial charge in [0, 0.05) is 29.1 Å². The topological polar surface area (TPSA) is 134 Å². The van der Waals surface area contributed by atoms with Crippen LogP contribution in [0.2, 0.25) is 0 Å². The van der Waals surface area contributed by atoms with Crippen LogP contribution in [0.15, 0.2) is 85.2 Å². The van der Waals surface area contributed by atoms with Crippen LogP contribution in [0, 0.1) is 0 Å². The van der Waals surface area contributed by atoms with E-state index < -0.39 is 24.8 Å². The first-order chi connectivity index (χ1) is 22.7. The van der Waals surface area contributed by atoms with E-state index >= 15 is 0 Å². The summed E-state index contributed by atoms with van der Waals surface area (Å²) < 4.78 is 5.88. The molecule has 47 heavy (non-hydrogen) atoms. The van der Waals surface area contributed by atoms with Crippen molar-refractivity contribution in [1.29, 1.82) is 0 Å². The molecule has 0 aliphatic carbocycles. The number of nitrogens with zero attached hydrogens (tertiary/aromatic N) is 2. The van der Waals surface area contributed by atoms with Gasteiger partial charge in [0.05, 0.1) is 19.2 Å². The molecule has 4 N–H and O–H groups in total. The fraction of sp³-hybridized carbons (Fsp3) is 0.368. The van der Waals surface area contributed by atoms with Crippen molar-refractivity contribution in [2.45, 2.75) is 77.5 Å². The summed E-state index contributed by atoms with van der Waals surface area (Å²) in [4.78, 5) is 33.3. The molecule has 0 saturated carbocycles. The maximum Gasteiger partial charge on any atom is 0.317 e. The summed E-state index contributed by atoms with van der Waals surface area (Å²) in [6.45, 7) is 6.65. The van der Waals surface area contributed by atoms with Gasteiger partial charge in [-0.25, -0.2) is 9.97 Å². The van der Waals surface area contributed by atoms with Gasteiger partial charge in [-0.05, 0) is 59.7 Å². The SMILES string of the molecule is CCCCCCCOc1ccc(-c2cnc(-c3ccc(CC(NC(=O)c4ccc(C(C)C)cc4)C(O)NCC(=O)O)cc3)nc2)cc1. The Morgan fingerprint density at radius 2 is 1.45 bits per heavy atom. The number of amides is 1. The smallest absolute Gasteiger partial charge is 0.317 e. The number of aliphatic hydroxyl groups excluding tert-OH is 1. The number of aromatic nitrogens is 2. The normalized spacial score (nSPS) is 12.4. The zero-order valence-corrected chi connectivity index (χ0v) is 27.5. The minimum atomic E-state index is -1.28. The van der Waals surface area contributed by atoms with Crippen LogP contribution in [-0.2, 0) is 11.2 Å². The van der Waals surface area contributed by atoms with E-state index in [4.69, 9.17) is 9.84 Å². The van der Waals surface area contributed by atoms with Gasteiger partial charge in [-0.1, -0.05) is 95.0 Å². The summed E-state index contributed by atoms with van der Waals surface area (Å²) in [5.74, 6) is 0.297. The molecule has 2 unspecified atom stereocenters. The fourth-order valence-electron chi connectivity index (χ4n) is 5.16. The number of hydrogen-bond donors (Lipinski definition) is 4. The molecular weight excluding hydrogens is 592 g/mol. The molecule has 9 nitrogen and oxygen atoms in total. The van der Waals surface area contributed by atoms with Gasteiger partial charge in [0.25, 0.3) is 5.91 Å². The monoisotopic (exact) mass is 638 g/mol. The Hall–Kier alpha value is -4.60. The number of rotatable bonds is 18. The lowest BCUT2D eigenvalue weighted by atomic mass is 10.0. The summed E-state index contributed by atoms with van der Waals surface area (Å²) in [7, 11) is 0. The molecule has 4 rings (SSSR count). The van der Waals surface area contributed by atoms with Crippen LogP contribution in [0.5, 0.6) is 5.75 Å². The number of carbonyl (C=O) groups excluding carboxylic acids is 1. The van der Waals surface area contributed by atoms with Crippen molar-refractivity contribution < 1.29 is 24.5 Å². The Morgan fingerprint density at radius 3 is 2.06 bits per heavy atom. The van der Waals surface area contributed by atoms with Gasteiger partial charge >= 0.3 is 5.97 Å². The average Bonchev–Trinajstić information content (AvgIpc) is 3.09. The zero-order chi connectivity index (χ0) is 33.6. The molecule has 3 aromatic carbocycles. The minimum absolute atomic E-state index is 0.266. The summed E-state index contributed by atoms with van der Waals surface area (Å²) in [5.41, 5.74) is 5.13. The van der Waals surface area contributed by atoms with Crippen molar-refractivity contribution in [2.24, 2.45) is 0 Å². The molecule has 1 amide bonds. The minimum Gasteiger partial charge on any atom is -0.494 e. The number of aliphatic carboxylic acids is 1. The summed E-state index contributed by atoms with van der Waals surface area (Å²) in [6.07, 6.45) is 8.60. The first-order valence-corrected chi connectivity index (χ1v) is 16.4. The lowest BCUT2D eigenvalue weighted by molar-refractivity contribution is -0.136. The van der Waals surface area contributed by atoms with E-state index in [1.165, 1.54) is 25.7 Å². The van der Waals surface area contributed by atoms with Crippen molar-refractivity contribution in [1.82, 2.24) is 20.6 Å². The third-order valence-corrected chi connectivity index (χ3v) is 8.02. The summed E-state index contributed by atoms with van der Waals surface area (Å²) in [6, 6.07) is 22.0. The highest BCUT2D eigenvalue weighted by atomic mass is 16.5. The van der Waals surface area contributed by atoms with Crippen molar-refractivity contribution in [3.63, 3.8) is 0 Å². The number of aliphatic hydroxyl groups is 1. The van der Waals surface area contributed by atoms with Gasteiger partial charge in [-0.3, -0.25) is 14.9 Å².